The van der Waals surface area contributed by atoms with Gasteiger partial charge in [-0.3, -0.25) is 4.79 Å². The summed E-state index contributed by atoms with van der Waals surface area (Å²) >= 11 is 0. The zero-order valence-corrected chi connectivity index (χ0v) is 12.3. The van der Waals surface area contributed by atoms with E-state index in [1.807, 2.05) is 38.1 Å². The molecule has 2 N–H and O–H groups in total. The molecule has 1 unspecified atom stereocenters. The average Bonchev–Trinajstić information content (AvgIpc) is 2.90. The molecule has 0 aromatic heterocycles. The molecule has 1 aliphatic heterocycles. The Morgan fingerprint density at radius 3 is 2.75 bits per heavy atom. The lowest BCUT2D eigenvalue weighted by Gasteiger charge is -2.11. The summed E-state index contributed by atoms with van der Waals surface area (Å²) in [6.45, 7) is 5.68. The largest absolute Gasteiger partial charge is 0.374 e. The predicted octanol–water partition coefficient (Wildman–Crippen LogP) is 2.69. The number of carbonyl (C=O) groups is 1. The molecule has 2 rings (SSSR count). The maximum Gasteiger partial charge on any atom is 0.225 e. The summed E-state index contributed by atoms with van der Waals surface area (Å²) in [5.41, 5.74) is 1.97. The molecular weight excluding hydrogens is 252 g/mol. The van der Waals surface area contributed by atoms with E-state index in [-0.39, 0.29) is 12.0 Å². The van der Waals surface area contributed by atoms with Crippen molar-refractivity contribution in [3.63, 3.8) is 0 Å². The van der Waals surface area contributed by atoms with Crippen LogP contribution in [0.5, 0.6) is 0 Å². The third kappa shape index (κ3) is 4.94. The third-order valence-electron chi connectivity index (χ3n) is 3.42. The summed E-state index contributed by atoms with van der Waals surface area (Å²) in [5, 5.41) is 6.27. The number of carbonyl (C=O) groups excluding carboxylic acids is 1. The Kier molecular flexibility index (Phi) is 5.56. The van der Waals surface area contributed by atoms with Gasteiger partial charge in [0, 0.05) is 18.2 Å². The van der Waals surface area contributed by atoms with Gasteiger partial charge in [-0.1, -0.05) is 12.1 Å². The summed E-state index contributed by atoms with van der Waals surface area (Å²) in [6, 6.07) is 8.18. The summed E-state index contributed by atoms with van der Waals surface area (Å²) in [5.74, 6) is 0.0792. The van der Waals surface area contributed by atoms with Crippen LogP contribution in [0.25, 0.3) is 0 Å². The Hall–Kier alpha value is -1.39. The Balaban J connectivity index is 1.78. The monoisotopic (exact) mass is 276 g/mol. The number of amides is 1. The Labute approximate surface area is 120 Å². The van der Waals surface area contributed by atoms with Crippen molar-refractivity contribution < 1.29 is 9.53 Å². The minimum Gasteiger partial charge on any atom is -0.374 e. The average molecular weight is 276 g/mol. The summed E-state index contributed by atoms with van der Waals surface area (Å²) in [6.07, 6.45) is 3.05. The number of hydrogen-bond acceptors (Lipinski definition) is 3. The molecule has 0 spiro atoms. The highest BCUT2D eigenvalue weighted by molar-refractivity contribution is 5.91. The van der Waals surface area contributed by atoms with E-state index >= 15 is 0 Å². The summed E-state index contributed by atoms with van der Waals surface area (Å²) in [7, 11) is 0. The third-order valence-corrected chi connectivity index (χ3v) is 3.42. The van der Waals surface area contributed by atoms with Gasteiger partial charge in [0.25, 0.3) is 0 Å². The van der Waals surface area contributed by atoms with E-state index < -0.39 is 0 Å². The molecule has 1 aromatic rings. The summed E-state index contributed by atoms with van der Waals surface area (Å²) < 4.78 is 5.54. The second kappa shape index (κ2) is 7.41. The van der Waals surface area contributed by atoms with E-state index in [1.165, 1.54) is 6.42 Å². The van der Waals surface area contributed by atoms with Crippen molar-refractivity contribution in [3.05, 3.63) is 29.8 Å². The Bertz CT molecular complexity index is 423. The highest BCUT2D eigenvalue weighted by Crippen LogP contribution is 2.13. The lowest BCUT2D eigenvalue weighted by Crippen LogP contribution is -2.27. The number of rotatable bonds is 6. The van der Waals surface area contributed by atoms with Crippen molar-refractivity contribution in [3.8, 4) is 0 Å². The van der Waals surface area contributed by atoms with Crippen LogP contribution in [0.4, 0.5) is 5.69 Å². The van der Waals surface area contributed by atoms with Crippen LogP contribution in [0.15, 0.2) is 24.3 Å². The first kappa shape index (κ1) is 15.0. The van der Waals surface area contributed by atoms with E-state index in [0.29, 0.717) is 19.1 Å². The molecule has 4 nitrogen and oxygen atoms in total. The van der Waals surface area contributed by atoms with Crippen LogP contribution in [0.2, 0.25) is 0 Å². The van der Waals surface area contributed by atoms with Gasteiger partial charge in [-0.2, -0.15) is 0 Å². The molecule has 1 saturated heterocycles. The molecule has 1 atom stereocenters. The van der Waals surface area contributed by atoms with Crippen molar-refractivity contribution in [2.75, 3.05) is 11.9 Å². The fourth-order valence-electron chi connectivity index (χ4n) is 2.31. The first-order chi connectivity index (χ1) is 9.63. The van der Waals surface area contributed by atoms with Gasteiger partial charge in [0.1, 0.15) is 0 Å². The van der Waals surface area contributed by atoms with Gasteiger partial charge in [-0.15, -0.1) is 0 Å². The van der Waals surface area contributed by atoms with Gasteiger partial charge in [0.05, 0.1) is 12.7 Å². The van der Waals surface area contributed by atoms with Crippen LogP contribution in [-0.4, -0.2) is 24.6 Å². The number of hydrogen-bond donors (Lipinski definition) is 2. The molecule has 1 heterocycles. The van der Waals surface area contributed by atoms with Crippen LogP contribution in [0, 0.1) is 0 Å². The molecule has 0 bridgehead atoms. The maximum atomic E-state index is 11.9. The van der Waals surface area contributed by atoms with Crippen molar-refractivity contribution in [1.29, 1.82) is 0 Å². The topological polar surface area (TPSA) is 50.4 Å². The normalized spacial score (nSPS) is 18.4. The lowest BCUT2D eigenvalue weighted by molar-refractivity contribution is -0.116. The van der Waals surface area contributed by atoms with Crippen LogP contribution in [-0.2, 0) is 16.1 Å². The quantitative estimate of drug-likeness (QED) is 0.840. The molecule has 0 radical (unpaired) electrons. The van der Waals surface area contributed by atoms with Crippen LogP contribution < -0.4 is 10.6 Å². The highest BCUT2D eigenvalue weighted by Gasteiger charge is 2.17. The number of benzene rings is 1. The van der Waals surface area contributed by atoms with Gasteiger partial charge in [0.15, 0.2) is 0 Å². The van der Waals surface area contributed by atoms with Crippen molar-refractivity contribution >= 4 is 11.6 Å². The molecule has 20 heavy (non-hydrogen) atoms. The van der Waals surface area contributed by atoms with Crippen molar-refractivity contribution in [1.82, 2.24) is 5.32 Å². The van der Waals surface area contributed by atoms with E-state index in [1.54, 1.807) is 0 Å². The van der Waals surface area contributed by atoms with Gasteiger partial charge < -0.3 is 15.4 Å². The minimum absolute atomic E-state index is 0.0792. The molecule has 110 valence electrons. The van der Waals surface area contributed by atoms with E-state index in [0.717, 1.165) is 24.2 Å². The van der Waals surface area contributed by atoms with Crippen LogP contribution in [0.3, 0.4) is 0 Å². The fraction of sp³-hybridized carbons (Fsp3) is 0.562. The van der Waals surface area contributed by atoms with Gasteiger partial charge in [-0.25, -0.2) is 0 Å². The molecule has 4 heteroatoms. The molecule has 1 aliphatic rings. The van der Waals surface area contributed by atoms with Gasteiger partial charge in [-0.05, 0) is 50.9 Å². The van der Waals surface area contributed by atoms with Crippen molar-refractivity contribution in [2.24, 2.45) is 0 Å². The Morgan fingerprint density at radius 2 is 2.15 bits per heavy atom. The minimum atomic E-state index is 0.0792. The molecular formula is C16H24N2O2. The van der Waals surface area contributed by atoms with Crippen LogP contribution in [0.1, 0.15) is 38.7 Å². The number of ether oxygens (including phenoxy) is 1. The van der Waals surface area contributed by atoms with Gasteiger partial charge in [0.2, 0.25) is 5.91 Å². The van der Waals surface area contributed by atoms with Crippen LogP contribution >= 0.6 is 0 Å². The Morgan fingerprint density at radius 1 is 1.40 bits per heavy atom. The molecule has 1 aromatic carbocycles. The number of nitrogens with one attached hydrogen (secondary N) is 2. The summed E-state index contributed by atoms with van der Waals surface area (Å²) in [4.78, 5) is 11.9. The predicted molar refractivity (Wildman–Crippen MR) is 80.6 cm³/mol. The molecule has 1 amide bonds. The maximum absolute atomic E-state index is 11.9. The number of anilines is 1. The zero-order chi connectivity index (χ0) is 14.4. The SMILES string of the molecule is CC(C)OCc1ccc(NC(=O)CC2CCCN2)cc1. The zero-order valence-electron chi connectivity index (χ0n) is 12.3. The smallest absolute Gasteiger partial charge is 0.225 e. The molecule has 0 aliphatic carbocycles. The van der Waals surface area contributed by atoms with Gasteiger partial charge >= 0.3 is 0 Å². The van der Waals surface area contributed by atoms with E-state index in [9.17, 15) is 4.79 Å². The highest BCUT2D eigenvalue weighted by atomic mass is 16.5. The second-order valence-electron chi connectivity index (χ2n) is 5.60. The lowest BCUT2D eigenvalue weighted by atomic mass is 10.1. The standard InChI is InChI=1S/C16H24N2O2/c1-12(2)20-11-13-5-7-14(8-6-13)18-16(19)10-15-4-3-9-17-15/h5-8,12,15,17H,3-4,9-11H2,1-2H3,(H,18,19). The molecule has 1 fully saturated rings. The van der Waals surface area contributed by atoms with E-state index in [2.05, 4.69) is 10.6 Å². The fourth-order valence-corrected chi connectivity index (χ4v) is 2.31. The molecule has 0 saturated carbocycles. The van der Waals surface area contributed by atoms with Crippen molar-refractivity contribution in [2.45, 2.75) is 51.9 Å². The van der Waals surface area contributed by atoms with E-state index in [4.69, 9.17) is 4.74 Å². The first-order valence-corrected chi connectivity index (χ1v) is 7.37. The second-order valence-corrected chi connectivity index (χ2v) is 5.60. The first-order valence-electron chi connectivity index (χ1n) is 7.37.